The summed E-state index contributed by atoms with van der Waals surface area (Å²) in [6.45, 7) is 1.63. The molecule has 0 spiro atoms. The molecule has 24 heavy (non-hydrogen) atoms. The van der Waals surface area contributed by atoms with Crippen molar-refractivity contribution in [2.45, 2.75) is 25.4 Å². The number of nitrogens with zero attached hydrogens (tertiary/aromatic N) is 1. The normalized spacial score (nSPS) is 19.2. The van der Waals surface area contributed by atoms with Crippen molar-refractivity contribution in [3.8, 4) is 11.3 Å². The standard InChI is InChI=1S/C15H11F5N2O2/c1-7-2-3-8(21-13(23)10-6-14(10,16)17)4-9(7)11-5-12(22-24-11)15(18,19)20/h2-5,10H,6H2,1H3,(H,21,23)/t10-/m1/s1. The summed E-state index contributed by atoms with van der Waals surface area (Å²) in [6.07, 6.45) is -5.15. The summed E-state index contributed by atoms with van der Waals surface area (Å²) in [7, 11) is 0. The quantitative estimate of drug-likeness (QED) is 0.845. The molecule has 0 aliphatic heterocycles. The van der Waals surface area contributed by atoms with Gasteiger partial charge in [0.1, 0.15) is 5.92 Å². The molecule has 1 aromatic heterocycles. The Hall–Kier alpha value is -2.45. The largest absolute Gasteiger partial charge is 0.436 e. The number of rotatable bonds is 3. The lowest BCUT2D eigenvalue weighted by molar-refractivity contribution is -0.142. The van der Waals surface area contributed by atoms with Crippen LogP contribution in [0.5, 0.6) is 0 Å². The van der Waals surface area contributed by atoms with Gasteiger partial charge in [-0.1, -0.05) is 11.2 Å². The summed E-state index contributed by atoms with van der Waals surface area (Å²) in [4.78, 5) is 11.7. The van der Waals surface area contributed by atoms with Gasteiger partial charge in [-0.3, -0.25) is 4.79 Å². The molecule has 1 aliphatic rings. The molecule has 1 aliphatic carbocycles. The molecule has 0 radical (unpaired) electrons. The summed E-state index contributed by atoms with van der Waals surface area (Å²) in [6, 6.07) is 5.10. The van der Waals surface area contributed by atoms with Crippen molar-refractivity contribution in [1.82, 2.24) is 5.16 Å². The Morgan fingerprint density at radius 2 is 2.00 bits per heavy atom. The molecule has 0 bridgehead atoms. The van der Waals surface area contributed by atoms with Crippen molar-refractivity contribution in [2.24, 2.45) is 5.92 Å². The zero-order chi connectivity index (χ0) is 17.7. The van der Waals surface area contributed by atoms with Gasteiger partial charge in [-0.15, -0.1) is 0 Å². The van der Waals surface area contributed by atoms with Crippen LogP contribution in [0.2, 0.25) is 0 Å². The fourth-order valence-electron chi connectivity index (χ4n) is 2.23. The maximum Gasteiger partial charge on any atom is 0.436 e. The number of halogens is 5. The number of anilines is 1. The summed E-state index contributed by atoms with van der Waals surface area (Å²) >= 11 is 0. The van der Waals surface area contributed by atoms with Gasteiger partial charge in [0.25, 0.3) is 5.92 Å². The first-order chi connectivity index (χ1) is 11.1. The minimum Gasteiger partial charge on any atom is -0.356 e. The van der Waals surface area contributed by atoms with E-state index in [1.54, 1.807) is 6.92 Å². The van der Waals surface area contributed by atoms with Crippen molar-refractivity contribution in [2.75, 3.05) is 5.32 Å². The van der Waals surface area contributed by atoms with Gasteiger partial charge >= 0.3 is 6.18 Å². The van der Waals surface area contributed by atoms with E-state index in [9.17, 15) is 26.7 Å². The van der Waals surface area contributed by atoms with E-state index < -0.39 is 36.0 Å². The van der Waals surface area contributed by atoms with E-state index >= 15 is 0 Å². The second kappa shape index (κ2) is 5.29. The van der Waals surface area contributed by atoms with Crippen LogP contribution in [-0.4, -0.2) is 17.0 Å². The molecule has 3 rings (SSSR count). The van der Waals surface area contributed by atoms with Crippen LogP contribution >= 0.6 is 0 Å². The third-order valence-corrected chi connectivity index (χ3v) is 3.71. The number of aryl methyl sites for hydroxylation is 1. The second-order valence-corrected chi connectivity index (χ2v) is 5.61. The lowest BCUT2D eigenvalue weighted by Gasteiger charge is -2.08. The van der Waals surface area contributed by atoms with E-state index in [2.05, 4.69) is 10.5 Å². The predicted molar refractivity (Wildman–Crippen MR) is 73.4 cm³/mol. The molecule has 1 heterocycles. The number of benzene rings is 1. The summed E-state index contributed by atoms with van der Waals surface area (Å²) in [5.41, 5.74) is -0.134. The third kappa shape index (κ3) is 3.10. The number of aromatic nitrogens is 1. The Morgan fingerprint density at radius 1 is 1.33 bits per heavy atom. The maximum absolute atomic E-state index is 12.9. The van der Waals surface area contributed by atoms with Gasteiger partial charge in [-0.2, -0.15) is 13.2 Å². The third-order valence-electron chi connectivity index (χ3n) is 3.71. The zero-order valence-corrected chi connectivity index (χ0v) is 12.2. The van der Waals surface area contributed by atoms with Gasteiger partial charge < -0.3 is 9.84 Å². The van der Waals surface area contributed by atoms with Crippen molar-refractivity contribution < 1.29 is 31.3 Å². The average Bonchev–Trinajstić information content (AvgIpc) is 2.90. The molecule has 4 nitrogen and oxygen atoms in total. The lowest BCUT2D eigenvalue weighted by Crippen LogP contribution is -2.17. The van der Waals surface area contributed by atoms with Crippen molar-refractivity contribution in [3.63, 3.8) is 0 Å². The highest BCUT2D eigenvalue weighted by Crippen LogP contribution is 2.49. The highest BCUT2D eigenvalue weighted by Gasteiger charge is 2.61. The maximum atomic E-state index is 12.9. The van der Waals surface area contributed by atoms with Crippen LogP contribution < -0.4 is 5.32 Å². The molecule has 0 saturated heterocycles. The predicted octanol–water partition coefficient (Wildman–Crippen LogP) is 4.26. The first-order valence-corrected chi connectivity index (χ1v) is 6.91. The topological polar surface area (TPSA) is 55.1 Å². The van der Waals surface area contributed by atoms with Gasteiger partial charge in [-0.05, 0) is 24.6 Å². The van der Waals surface area contributed by atoms with Crippen LogP contribution in [0, 0.1) is 12.8 Å². The molecule has 1 fully saturated rings. The number of hydrogen-bond donors (Lipinski definition) is 1. The summed E-state index contributed by atoms with van der Waals surface area (Å²) in [5.74, 6) is -5.33. The van der Waals surface area contributed by atoms with Gasteiger partial charge in [0.15, 0.2) is 11.5 Å². The lowest BCUT2D eigenvalue weighted by atomic mass is 10.0. The van der Waals surface area contributed by atoms with Crippen molar-refractivity contribution in [3.05, 3.63) is 35.5 Å². The van der Waals surface area contributed by atoms with Gasteiger partial charge in [0.2, 0.25) is 5.91 Å². The first-order valence-electron chi connectivity index (χ1n) is 6.91. The highest BCUT2D eigenvalue weighted by atomic mass is 19.4. The molecule has 1 amide bonds. The van der Waals surface area contributed by atoms with Gasteiger partial charge in [0.05, 0.1) is 0 Å². The van der Waals surface area contributed by atoms with E-state index in [4.69, 9.17) is 4.52 Å². The van der Waals surface area contributed by atoms with Crippen LogP contribution in [-0.2, 0) is 11.0 Å². The monoisotopic (exact) mass is 346 g/mol. The number of nitrogens with one attached hydrogen (secondary N) is 1. The highest BCUT2D eigenvalue weighted by molar-refractivity contribution is 5.95. The smallest absolute Gasteiger partial charge is 0.356 e. The number of hydrogen-bond acceptors (Lipinski definition) is 3. The molecular formula is C15H11F5N2O2. The molecule has 128 valence electrons. The number of carbonyl (C=O) groups is 1. The van der Waals surface area contributed by atoms with E-state index in [0.29, 0.717) is 5.56 Å². The van der Waals surface area contributed by atoms with Crippen LogP contribution in [0.25, 0.3) is 11.3 Å². The Bertz CT molecular complexity index is 797. The molecule has 1 aromatic carbocycles. The van der Waals surface area contributed by atoms with Crippen molar-refractivity contribution >= 4 is 11.6 Å². The number of amides is 1. The molecular weight excluding hydrogens is 335 g/mol. The van der Waals surface area contributed by atoms with E-state index in [1.807, 2.05) is 0 Å². The molecule has 1 atom stereocenters. The fourth-order valence-corrected chi connectivity index (χ4v) is 2.23. The number of alkyl halides is 5. The van der Waals surface area contributed by atoms with Crippen LogP contribution in [0.3, 0.4) is 0 Å². The fraction of sp³-hybridized carbons (Fsp3) is 0.333. The average molecular weight is 346 g/mol. The molecule has 9 heteroatoms. The van der Waals surface area contributed by atoms with E-state index in [1.165, 1.54) is 18.2 Å². The zero-order valence-electron chi connectivity index (χ0n) is 12.2. The Balaban J connectivity index is 1.84. The van der Waals surface area contributed by atoms with E-state index in [0.717, 1.165) is 6.07 Å². The second-order valence-electron chi connectivity index (χ2n) is 5.61. The SMILES string of the molecule is Cc1ccc(NC(=O)[C@H]2CC2(F)F)cc1-c1cc(C(F)(F)F)no1. The summed E-state index contributed by atoms with van der Waals surface area (Å²) in [5, 5.41) is 5.30. The van der Waals surface area contributed by atoms with Gasteiger partial charge in [0, 0.05) is 23.7 Å². The van der Waals surface area contributed by atoms with Gasteiger partial charge in [-0.25, -0.2) is 8.78 Å². The Morgan fingerprint density at radius 3 is 2.54 bits per heavy atom. The van der Waals surface area contributed by atoms with Crippen LogP contribution in [0.4, 0.5) is 27.6 Å². The molecule has 0 unspecified atom stereocenters. The van der Waals surface area contributed by atoms with Crippen molar-refractivity contribution in [1.29, 1.82) is 0 Å². The van der Waals surface area contributed by atoms with Crippen LogP contribution in [0.1, 0.15) is 17.7 Å². The first kappa shape index (κ1) is 16.4. The Labute approximate surface area is 132 Å². The number of carbonyl (C=O) groups excluding carboxylic acids is 1. The minimum atomic E-state index is -4.64. The Kier molecular flexibility index (Phi) is 3.61. The minimum absolute atomic E-state index is 0.132. The molecule has 1 N–H and O–H groups in total. The van der Waals surface area contributed by atoms with E-state index in [-0.39, 0.29) is 17.0 Å². The molecule has 1 saturated carbocycles. The van der Waals surface area contributed by atoms with Crippen LogP contribution in [0.15, 0.2) is 28.8 Å². The molecule has 2 aromatic rings. The summed E-state index contributed by atoms with van der Waals surface area (Å²) < 4.78 is 68.2.